The van der Waals surface area contributed by atoms with Crippen molar-refractivity contribution >= 4 is 32.6 Å². The first kappa shape index (κ1) is 14.0. The zero-order chi connectivity index (χ0) is 13.5. The van der Waals surface area contributed by atoms with Crippen molar-refractivity contribution in [2.45, 2.75) is 0 Å². The molecule has 0 aromatic heterocycles. The van der Waals surface area contributed by atoms with Crippen molar-refractivity contribution in [2.75, 3.05) is 25.1 Å². The van der Waals surface area contributed by atoms with Crippen LogP contribution in [0.1, 0.15) is 10.4 Å². The van der Waals surface area contributed by atoms with Crippen LogP contribution in [0.15, 0.2) is 42.5 Å². The van der Waals surface area contributed by atoms with Gasteiger partial charge in [-0.15, -0.1) is 0 Å². The molecule has 0 aliphatic heterocycles. The normalized spacial score (nSPS) is 10.6. The zero-order valence-corrected chi connectivity index (χ0v) is 12.2. The van der Waals surface area contributed by atoms with Crippen molar-refractivity contribution < 1.29 is 9.53 Å². The fraction of sp³-hybridized carbons (Fsp3) is 0.267. The summed E-state index contributed by atoms with van der Waals surface area (Å²) in [7, 11) is 0. The van der Waals surface area contributed by atoms with Crippen LogP contribution >= 0.6 is 15.9 Å². The summed E-state index contributed by atoms with van der Waals surface area (Å²) in [6.45, 7) is 1.71. The third-order valence-corrected chi connectivity index (χ3v) is 3.11. The van der Waals surface area contributed by atoms with Crippen LogP contribution in [0.4, 0.5) is 0 Å². The minimum Gasteiger partial charge on any atom is -0.379 e. The smallest absolute Gasteiger partial charge is 0.251 e. The third kappa shape index (κ3) is 3.78. The Bertz CT molecular complexity index is 551. The molecular formula is C15H16BrNO2. The number of carbonyl (C=O) groups excluding carboxylic acids is 1. The predicted octanol–water partition coefficient (Wildman–Crippen LogP) is 2.98. The van der Waals surface area contributed by atoms with Gasteiger partial charge in [-0.05, 0) is 16.8 Å². The van der Waals surface area contributed by atoms with Crippen molar-refractivity contribution in [1.82, 2.24) is 5.32 Å². The molecule has 0 radical (unpaired) electrons. The van der Waals surface area contributed by atoms with Gasteiger partial charge in [0, 0.05) is 17.4 Å². The lowest BCUT2D eigenvalue weighted by molar-refractivity contribution is 0.0926. The minimum absolute atomic E-state index is 0.0563. The predicted molar refractivity (Wildman–Crippen MR) is 80.9 cm³/mol. The molecular weight excluding hydrogens is 306 g/mol. The number of nitrogens with one attached hydrogen (secondary N) is 1. The van der Waals surface area contributed by atoms with E-state index in [2.05, 4.69) is 21.2 Å². The molecule has 0 unspecified atom stereocenters. The summed E-state index contributed by atoms with van der Waals surface area (Å²) in [6.07, 6.45) is 0. The molecule has 1 amide bonds. The van der Waals surface area contributed by atoms with Crippen LogP contribution in [0.5, 0.6) is 0 Å². The molecule has 0 atom stereocenters. The van der Waals surface area contributed by atoms with E-state index in [1.807, 2.05) is 42.5 Å². The molecule has 2 rings (SSSR count). The number of benzene rings is 2. The number of carbonyl (C=O) groups is 1. The molecule has 3 nitrogen and oxygen atoms in total. The number of hydrogen-bond acceptors (Lipinski definition) is 2. The van der Waals surface area contributed by atoms with Crippen LogP contribution in [0.2, 0.25) is 0 Å². The van der Waals surface area contributed by atoms with Gasteiger partial charge in [-0.3, -0.25) is 4.79 Å². The highest BCUT2D eigenvalue weighted by atomic mass is 79.9. The van der Waals surface area contributed by atoms with Crippen molar-refractivity contribution in [3.05, 3.63) is 48.0 Å². The summed E-state index contributed by atoms with van der Waals surface area (Å²) in [4.78, 5) is 12.1. The largest absolute Gasteiger partial charge is 0.379 e. The second-order valence-electron chi connectivity index (χ2n) is 4.08. The summed E-state index contributed by atoms with van der Waals surface area (Å²) >= 11 is 3.28. The van der Waals surface area contributed by atoms with E-state index in [4.69, 9.17) is 4.74 Å². The molecule has 100 valence electrons. The van der Waals surface area contributed by atoms with Crippen LogP contribution in [0.3, 0.4) is 0 Å². The fourth-order valence-electron chi connectivity index (χ4n) is 1.91. The molecule has 0 saturated carbocycles. The second kappa shape index (κ2) is 7.26. The number of amides is 1. The van der Waals surface area contributed by atoms with E-state index >= 15 is 0 Å². The maximum Gasteiger partial charge on any atom is 0.251 e. The first-order valence-corrected chi connectivity index (χ1v) is 7.35. The third-order valence-electron chi connectivity index (χ3n) is 2.79. The summed E-state index contributed by atoms with van der Waals surface area (Å²) in [5.74, 6) is -0.0563. The van der Waals surface area contributed by atoms with E-state index in [0.29, 0.717) is 25.3 Å². The van der Waals surface area contributed by atoms with Crippen molar-refractivity contribution in [3.63, 3.8) is 0 Å². The van der Waals surface area contributed by atoms with E-state index in [1.165, 1.54) is 0 Å². The first-order chi connectivity index (χ1) is 9.33. The van der Waals surface area contributed by atoms with Crippen LogP contribution in [-0.2, 0) is 4.74 Å². The van der Waals surface area contributed by atoms with Crippen molar-refractivity contribution in [2.24, 2.45) is 0 Å². The quantitative estimate of drug-likeness (QED) is 0.656. The van der Waals surface area contributed by atoms with E-state index in [1.54, 1.807) is 0 Å². The molecule has 0 bridgehead atoms. The average Bonchev–Trinajstić information content (AvgIpc) is 2.46. The number of rotatable bonds is 6. The van der Waals surface area contributed by atoms with Gasteiger partial charge in [-0.2, -0.15) is 0 Å². The van der Waals surface area contributed by atoms with E-state index in [-0.39, 0.29) is 5.91 Å². The monoisotopic (exact) mass is 321 g/mol. The lowest BCUT2D eigenvalue weighted by Gasteiger charge is -2.08. The highest BCUT2D eigenvalue weighted by molar-refractivity contribution is 9.09. The Kier molecular flexibility index (Phi) is 5.36. The van der Waals surface area contributed by atoms with Crippen molar-refractivity contribution in [3.8, 4) is 0 Å². The number of alkyl halides is 1. The van der Waals surface area contributed by atoms with Gasteiger partial charge in [0.05, 0.1) is 13.2 Å². The number of fused-ring (bicyclic) bond motifs is 1. The first-order valence-electron chi connectivity index (χ1n) is 6.22. The summed E-state index contributed by atoms with van der Waals surface area (Å²) in [5, 5.41) is 5.73. The minimum atomic E-state index is -0.0563. The highest BCUT2D eigenvalue weighted by Gasteiger charge is 2.08. The molecule has 0 fully saturated rings. The van der Waals surface area contributed by atoms with Gasteiger partial charge in [0.1, 0.15) is 0 Å². The lowest BCUT2D eigenvalue weighted by Crippen LogP contribution is -2.27. The molecule has 0 heterocycles. The standard InChI is InChI=1S/C15H16BrNO2/c16-8-10-19-11-9-17-15(18)14-7-3-5-12-4-1-2-6-13(12)14/h1-7H,8-11H2,(H,17,18). The van der Waals surface area contributed by atoms with Gasteiger partial charge in [-0.25, -0.2) is 0 Å². The maximum absolute atomic E-state index is 12.1. The Labute approximate surface area is 121 Å². The Morgan fingerprint density at radius 2 is 1.89 bits per heavy atom. The molecule has 0 spiro atoms. The molecule has 0 aliphatic carbocycles. The number of ether oxygens (including phenoxy) is 1. The highest BCUT2D eigenvalue weighted by Crippen LogP contribution is 2.18. The fourth-order valence-corrected chi connectivity index (χ4v) is 2.14. The zero-order valence-electron chi connectivity index (χ0n) is 10.6. The van der Waals surface area contributed by atoms with E-state index in [9.17, 15) is 4.79 Å². The SMILES string of the molecule is O=C(NCCOCCBr)c1cccc2ccccc12. The van der Waals surface area contributed by atoms with Crippen molar-refractivity contribution in [1.29, 1.82) is 0 Å². The molecule has 19 heavy (non-hydrogen) atoms. The molecule has 2 aromatic rings. The van der Waals surface area contributed by atoms with Crippen LogP contribution in [-0.4, -0.2) is 31.0 Å². The lowest BCUT2D eigenvalue weighted by atomic mass is 10.0. The Morgan fingerprint density at radius 1 is 1.11 bits per heavy atom. The average molecular weight is 322 g/mol. The van der Waals surface area contributed by atoms with Gasteiger partial charge < -0.3 is 10.1 Å². The molecule has 0 saturated heterocycles. The van der Waals surface area contributed by atoms with Gasteiger partial charge >= 0.3 is 0 Å². The van der Waals surface area contributed by atoms with Gasteiger partial charge in [0.25, 0.3) is 5.91 Å². The Balaban J connectivity index is 2.01. The van der Waals surface area contributed by atoms with Gasteiger partial charge in [0.2, 0.25) is 0 Å². The summed E-state index contributed by atoms with van der Waals surface area (Å²) in [5.41, 5.74) is 0.707. The van der Waals surface area contributed by atoms with Crippen LogP contribution in [0, 0.1) is 0 Å². The van der Waals surface area contributed by atoms with Gasteiger partial charge in [-0.1, -0.05) is 52.3 Å². The maximum atomic E-state index is 12.1. The van der Waals surface area contributed by atoms with E-state index < -0.39 is 0 Å². The second-order valence-corrected chi connectivity index (χ2v) is 4.88. The number of halogens is 1. The Hall–Kier alpha value is -1.39. The molecule has 0 aliphatic rings. The topological polar surface area (TPSA) is 38.3 Å². The number of hydrogen-bond donors (Lipinski definition) is 1. The summed E-state index contributed by atoms with van der Waals surface area (Å²) < 4.78 is 5.29. The molecule has 4 heteroatoms. The Morgan fingerprint density at radius 3 is 2.74 bits per heavy atom. The molecule has 2 aromatic carbocycles. The molecule has 1 N–H and O–H groups in total. The summed E-state index contributed by atoms with van der Waals surface area (Å²) in [6, 6.07) is 13.6. The van der Waals surface area contributed by atoms with Gasteiger partial charge in [0.15, 0.2) is 0 Å². The van der Waals surface area contributed by atoms with Crippen LogP contribution < -0.4 is 5.32 Å². The van der Waals surface area contributed by atoms with Crippen LogP contribution in [0.25, 0.3) is 10.8 Å². The van der Waals surface area contributed by atoms with E-state index in [0.717, 1.165) is 16.1 Å².